The number of halogens is 12. The molecule has 0 aliphatic carbocycles. The van der Waals surface area contributed by atoms with Crippen molar-refractivity contribution in [2.75, 3.05) is 0 Å². The van der Waals surface area contributed by atoms with Crippen LogP contribution in [-0.2, 0) is 65.2 Å². The molecule has 0 aromatic carbocycles. The largest absolute Gasteiger partial charge is 4.00 e. The van der Waals surface area contributed by atoms with Gasteiger partial charge in [-0.2, -0.15) is 0 Å². The Morgan fingerprint density at radius 2 is 0.133 bits per heavy atom. The first-order chi connectivity index (χ1) is 0. The molecule has 15 heteroatoms. The summed E-state index contributed by atoms with van der Waals surface area (Å²) in [5.41, 5.74) is 0. The molecule has 0 saturated heterocycles. The van der Waals surface area contributed by atoms with E-state index in [1.807, 2.05) is 0 Å². The number of hydrogen-bond donors (Lipinski definition) is 0. The average molecular weight is 569 g/mol. The third-order valence-corrected chi connectivity index (χ3v) is 0. The average Bonchev–Trinajstić information content (AvgIpc) is 0. The van der Waals surface area contributed by atoms with Crippen LogP contribution in [0.1, 0.15) is 0 Å². The summed E-state index contributed by atoms with van der Waals surface area (Å²) < 4.78 is 0. The first-order valence-electron chi connectivity index (χ1n) is 0. The topological polar surface area (TPSA) is 0 Å². The molecule has 0 bridgehead atoms. The molecule has 0 heterocycles. The first kappa shape index (κ1) is 251. The van der Waals surface area contributed by atoms with Crippen molar-refractivity contribution in [3.63, 3.8) is 0 Å². The molecule has 0 fully saturated rings. The van der Waals surface area contributed by atoms with Gasteiger partial charge in [-0.15, -0.1) is 0 Å². The molecule has 0 aromatic heterocycles. The maximum atomic E-state index is 0. The summed E-state index contributed by atoms with van der Waals surface area (Å²) in [7, 11) is 0. The van der Waals surface area contributed by atoms with E-state index in [0.29, 0.717) is 0 Å². The van der Waals surface area contributed by atoms with E-state index in [1.54, 1.807) is 0 Å². The summed E-state index contributed by atoms with van der Waals surface area (Å²) in [5, 5.41) is 0. The van der Waals surface area contributed by atoms with E-state index in [4.69, 9.17) is 0 Å². The van der Waals surface area contributed by atoms with Gasteiger partial charge in [0.2, 0.25) is 0 Å². The normalized spacial score (nSPS) is 0. The molecular formula is Cl12Ti3. The molecule has 0 N–H and O–H groups in total. The summed E-state index contributed by atoms with van der Waals surface area (Å²) in [4.78, 5) is 0. The fourth-order valence-electron chi connectivity index (χ4n) is 0. The second kappa shape index (κ2) is 215. The Kier molecular flexibility index (Phi) is 3600. The SMILES string of the molecule is [Cl-].[Cl-].[Cl-].[Cl-].[Cl-].[Cl-].[Cl-].[Cl-].[Cl-].[Cl-].[Cl-].[Cl-].[Ti+4].[Ti+4].[Ti+4]. The van der Waals surface area contributed by atoms with Crippen molar-refractivity contribution in [2.45, 2.75) is 0 Å². The second-order valence-corrected chi connectivity index (χ2v) is 0. The molecule has 0 nitrogen and oxygen atoms in total. The Bertz CT molecular complexity index is 10.8. The van der Waals surface area contributed by atoms with Gasteiger partial charge in [-0.3, -0.25) is 0 Å². The monoisotopic (exact) mass is 563 g/mol. The number of hydrogen-bond acceptors (Lipinski definition) is 0. The van der Waals surface area contributed by atoms with Gasteiger partial charge in [0.25, 0.3) is 0 Å². The van der Waals surface area contributed by atoms with Crippen LogP contribution in [0.25, 0.3) is 0 Å². The first-order valence-corrected chi connectivity index (χ1v) is 0. The third kappa shape index (κ3) is 193. The van der Waals surface area contributed by atoms with Gasteiger partial charge in [-0.25, -0.2) is 0 Å². The van der Waals surface area contributed by atoms with E-state index >= 15 is 0 Å². The maximum Gasteiger partial charge on any atom is 4.00 e. The van der Waals surface area contributed by atoms with Gasteiger partial charge in [0.05, 0.1) is 0 Å². The predicted molar refractivity (Wildman–Crippen MR) is 0 cm³/mol. The molecule has 0 amide bonds. The van der Waals surface area contributed by atoms with E-state index in [9.17, 15) is 0 Å². The summed E-state index contributed by atoms with van der Waals surface area (Å²) in [6.45, 7) is 0. The van der Waals surface area contributed by atoms with Crippen molar-refractivity contribution in [1.82, 2.24) is 0 Å². The minimum atomic E-state index is 0. The van der Waals surface area contributed by atoms with Crippen LogP contribution in [0, 0.1) is 0 Å². The molecule has 0 saturated carbocycles. The van der Waals surface area contributed by atoms with Crippen LogP contribution in [-0.4, -0.2) is 0 Å². The van der Waals surface area contributed by atoms with Gasteiger partial charge in [-0.05, 0) is 0 Å². The van der Waals surface area contributed by atoms with Gasteiger partial charge < -0.3 is 149 Å². The predicted octanol–water partition coefficient (Wildman–Crippen LogP) is -36.0. The molecule has 0 radical (unpaired) electrons. The Morgan fingerprint density at radius 3 is 0.133 bits per heavy atom. The summed E-state index contributed by atoms with van der Waals surface area (Å²) in [6.07, 6.45) is 0. The molecule has 0 spiro atoms. The van der Waals surface area contributed by atoms with Crippen LogP contribution in [0.4, 0.5) is 0 Å². The molecular weight excluding hydrogens is 569 g/mol. The summed E-state index contributed by atoms with van der Waals surface area (Å²) >= 11 is 0. The number of rotatable bonds is 0. The van der Waals surface area contributed by atoms with E-state index < -0.39 is 0 Å². The van der Waals surface area contributed by atoms with Crippen LogP contribution in [0.15, 0.2) is 0 Å². The molecule has 0 unspecified atom stereocenters. The van der Waals surface area contributed by atoms with Gasteiger partial charge in [0.15, 0.2) is 0 Å². The van der Waals surface area contributed by atoms with E-state index in [-0.39, 0.29) is 214 Å². The molecule has 0 aromatic rings. The van der Waals surface area contributed by atoms with Crippen LogP contribution in [0.2, 0.25) is 0 Å². The van der Waals surface area contributed by atoms with Gasteiger partial charge in [0, 0.05) is 0 Å². The van der Waals surface area contributed by atoms with Crippen LogP contribution in [0.5, 0.6) is 0 Å². The molecule has 0 aliphatic rings. The van der Waals surface area contributed by atoms with Crippen molar-refractivity contribution in [3.8, 4) is 0 Å². The smallest absolute Gasteiger partial charge is 1.00 e. The quantitative estimate of drug-likeness (QED) is 0.255. The zero-order valence-corrected chi connectivity index (χ0v) is 19.8. The fraction of sp³-hybridized carbons (Fsp3) is 0. The molecule has 0 aliphatic heterocycles. The Morgan fingerprint density at radius 1 is 0.133 bits per heavy atom. The minimum Gasteiger partial charge on any atom is -1.00 e. The molecule has 0 atom stereocenters. The zero-order valence-electron chi connectivity index (χ0n) is 6.04. The molecule has 0 rings (SSSR count). The van der Waals surface area contributed by atoms with Crippen molar-refractivity contribution in [3.05, 3.63) is 0 Å². The summed E-state index contributed by atoms with van der Waals surface area (Å²) in [5.74, 6) is 0. The van der Waals surface area contributed by atoms with Gasteiger partial charge >= 0.3 is 65.2 Å². The summed E-state index contributed by atoms with van der Waals surface area (Å²) in [6, 6.07) is 0. The van der Waals surface area contributed by atoms with Crippen LogP contribution >= 0.6 is 0 Å². The van der Waals surface area contributed by atoms with Crippen LogP contribution < -0.4 is 149 Å². The van der Waals surface area contributed by atoms with E-state index in [1.165, 1.54) is 0 Å². The van der Waals surface area contributed by atoms with Crippen molar-refractivity contribution in [2.24, 2.45) is 0 Å². The van der Waals surface area contributed by atoms with E-state index in [0.717, 1.165) is 0 Å². The zero-order chi connectivity index (χ0) is 0. The third-order valence-electron chi connectivity index (χ3n) is 0. The van der Waals surface area contributed by atoms with Gasteiger partial charge in [0.1, 0.15) is 0 Å². The Hall–Kier alpha value is 5.62. The Labute approximate surface area is 210 Å². The van der Waals surface area contributed by atoms with Crippen molar-refractivity contribution >= 4 is 0 Å². The van der Waals surface area contributed by atoms with Crippen molar-refractivity contribution in [1.29, 1.82) is 0 Å². The van der Waals surface area contributed by atoms with Gasteiger partial charge in [-0.1, -0.05) is 0 Å². The van der Waals surface area contributed by atoms with E-state index in [2.05, 4.69) is 0 Å². The Balaban J connectivity index is 0. The fourth-order valence-corrected chi connectivity index (χ4v) is 0. The minimum absolute atomic E-state index is 0. The maximum absolute atomic E-state index is 0. The molecule has 15 heavy (non-hydrogen) atoms. The second-order valence-electron chi connectivity index (χ2n) is 0. The standard InChI is InChI=1S/12ClH.3Ti/h12*1H;;;/q;;;;;;;;;;;;3*+4/p-12. The van der Waals surface area contributed by atoms with Crippen molar-refractivity contribution < 1.29 is 214 Å². The van der Waals surface area contributed by atoms with Crippen LogP contribution in [0.3, 0.4) is 0 Å². The molecule has 96 valence electrons.